The third kappa shape index (κ3) is 5.16. The Bertz CT molecular complexity index is 496. The molecule has 0 atom stereocenters. The molecule has 1 aromatic carbocycles. The Hall–Kier alpha value is -1.36. The van der Waals surface area contributed by atoms with Crippen LogP contribution in [0.15, 0.2) is 28.7 Å². The molecule has 1 N–H and O–H groups in total. The number of carbonyl (C=O) groups is 2. The number of ether oxygens (including phenoxy) is 1. The van der Waals surface area contributed by atoms with Gasteiger partial charge >= 0.3 is 5.97 Å². The van der Waals surface area contributed by atoms with E-state index in [0.29, 0.717) is 10.0 Å². The van der Waals surface area contributed by atoms with Crippen LogP contribution in [0.3, 0.4) is 0 Å². The van der Waals surface area contributed by atoms with E-state index >= 15 is 0 Å². The number of hydrogen-bond acceptors (Lipinski definition) is 3. The molecule has 5 heteroatoms. The van der Waals surface area contributed by atoms with Gasteiger partial charge in [0.05, 0.1) is 5.56 Å². The van der Waals surface area contributed by atoms with Crippen LogP contribution in [0.25, 0.3) is 0 Å². The van der Waals surface area contributed by atoms with Crippen LogP contribution in [0.5, 0.6) is 0 Å². The highest BCUT2D eigenvalue weighted by Gasteiger charge is 2.17. The summed E-state index contributed by atoms with van der Waals surface area (Å²) < 4.78 is 5.73. The lowest BCUT2D eigenvalue weighted by molar-refractivity contribution is -0.125. The van der Waals surface area contributed by atoms with Crippen LogP contribution in [0.2, 0.25) is 0 Å². The second kappa shape index (κ2) is 8.17. The van der Waals surface area contributed by atoms with Gasteiger partial charge in [-0.2, -0.15) is 0 Å². The predicted molar refractivity (Wildman–Crippen MR) is 84.1 cm³/mol. The highest BCUT2D eigenvalue weighted by Crippen LogP contribution is 2.18. The van der Waals surface area contributed by atoms with Crippen LogP contribution in [0.1, 0.15) is 48.9 Å². The van der Waals surface area contributed by atoms with Gasteiger partial charge in [-0.1, -0.05) is 37.8 Å². The fraction of sp³-hybridized carbons (Fsp3) is 0.500. The Kier molecular flexibility index (Phi) is 6.23. The summed E-state index contributed by atoms with van der Waals surface area (Å²) in [6.45, 7) is -0.226. The van der Waals surface area contributed by atoms with Gasteiger partial charge in [0.2, 0.25) is 0 Å². The molecule has 0 saturated heterocycles. The van der Waals surface area contributed by atoms with Crippen LogP contribution >= 0.6 is 15.9 Å². The van der Waals surface area contributed by atoms with E-state index in [0.717, 1.165) is 25.7 Å². The van der Waals surface area contributed by atoms with Gasteiger partial charge in [0.25, 0.3) is 5.91 Å². The number of carbonyl (C=O) groups excluding carboxylic acids is 2. The summed E-state index contributed by atoms with van der Waals surface area (Å²) in [7, 11) is 0. The summed E-state index contributed by atoms with van der Waals surface area (Å²) in [4.78, 5) is 23.7. The molecule has 1 aliphatic rings. The number of rotatable bonds is 4. The molecule has 1 saturated carbocycles. The SMILES string of the molecule is O=C(COC(=O)c1ccccc1Br)NC1CCCCCC1. The van der Waals surface area contributed by atoms with Crippen molar-refractivity contribution in [1.82, 2.24) is 5.32 Å². The van der Waals surface area contributed by atoms with E-state index < -0.39 is 5.97 Å². The van der Waals surface area contributed by atoms with Crippen molar-refractivity contribution in [2.75, 3.05) is 6.61 Å². The van der Waals surface area contributed by atoms with Crippen molar-refractivity contribution in [3.05, 3.63) is 34.3 Å². The first kappa shape index (κ1) is 16.0. The number of esters is 1. The molecule has 1 fully saturated rings. The zero-order chi connectivity index (χ0) is 15.1. The minimum atomic E-state index is -0.488. The van der Waals surface area contributed by atoms with E-state index in [1.807, 2.05) is 6.07 Å². The molecule has 1 amide bonds. The lowest BCUT2D eigenvalue weighted by Gasteiger charge is -2.16. The monoisotopic (exact) mass is 353 g/mol. The van der Waals surface area contributed by atoms with Gasteiger partial charge in [-0.15, -0.1) is 0 Å². The quantitative estimate of drug-likeness (QED) is 0.666. The number of amides is 1. The average Bonchev–Trinajstić information content (AvgIpc) is 2.74. The number of benzene rings is 1. The highest BCUT2D eigenvalue weighted by atomic mass is 79.9. The standard InChI is InChI=1S/C16H20BrNO3/c17-14-10-6-5-9-13(14)16(20)21-11-15(19)18-12-7-3-1-2-4-8-12/h5-6,9-10,12H,1-4,7-8,11H2,(H,18,19). The summed E-state index contributed by atoms with van der Waals surface area (Å²) >= 11 is 3.29. The molecule has 21 heavy (non-hydrogen) atoms. The largest absolute Gasteiger partial charge is 0.452 e. The smallest absolute Gasteiger partial charge is 0.339 e. The predicted octanol–water partition coefficient (Wildman–Crippen LogP) is 3.44. The van der Waals surface area contributed by atoms with Crippen molar-refractivity contribution in [3.63, 3.8) is 0 Å². The molecule has 2 rings (SSSR count). The van der Waals surface area contributed by atoms with E-state index in [-0.39, 0.29) is 18.6 Å². The van der Waals surface area contributed by atoms with E-state index in [1.54, 1.807) is 18.2 Å². The Morgan fingerprint density at radius 1 is 1.14 bits per heavy atom. The zero-order valence-electron chi connectivity index (χ0n) is 11.9. The topological polar surface area (TPSA) is 55.4 Å². The highest BCUT2D eigenvalue weighted by molar-refractivity contribution is 9.10. The summed E-state index contributed by atoms with van der Waals surface area (Å²) in [6.07, 6.45) is 6.82. The summed E-state index contributed by atoms with van der Waals surface area (Å²) in [5.41, 5.74) is 0.430. The zero-order valence-corrected chi connectivity index (χ0v) is 13.5. The molecule has 0 heterocycles. The molecule has 0 radical (unpaired) electrons. The molecular formula is C16H20BrNO3. The van der Waals surface area contributed by atoms with Crippen molar-refractivity contribution >= 4 is 27.8 Å². The van der Waals surface area contributed by atoms with Crippen molar-refractivity contribution in [1.29, 1.82) is 0 Å². The Morgan fingerprint density at radius 2 is 1.81 bits per heavy atom. The van der Waals surface area contributed by atoms with Gasteiger partial charge in [0.1, 0.15) is 0 Å². The molecule has 1 aliphatic carbocycles. The second-order valence-corrected chi connectivity index (χ2v) is 6.17. The van der Waals surface area contributed by atoms with Gasteiger partial charge in [0.15, 0.2) is 6.61 Å². The maximum atomic E-state index is 11.9. The first-order valence-corrected chi connectivity index (χ1v) is 8.17. The van der Waals surface area contributed by atoms with Crippen molar-refractivity contribution in [2.45, 2.75) is 44.6 Å². The van der Waals surface area contributed by atoms with Gasteiger partial charge in [-0.3, -0.25) is 4.79 Å². The number of halogens is 1. The van der Waals surface area contributed by atoms with E-state index in [9.17, 15) is 9.59 Å². The van der Waals surface area contributed by atoms with Gasteiger partial charge < -0.3 is 10.1 Å². The normalized spacial score (nSPS) is 16.0. The maximum Gasteiger partial charge on any atom is 0.339 e. The van der Waals surface area contributed by atoms with Crippen molar-refractivity contribution < 1.29 is 14.3 Å². The van der Waals surface area contributed by atoms with Crippen LogP contribution < -0.4 is 5.32 Å². The summed E-state index contributed by atoms with van der Waals surface area (Å²) in [6, 6.07) is 7.23. The van der Waals surface area contributed by atoms with E-state index in [2.05, 4.69) is 21.2 Å². The Balaban J connectivity index is 1.78. The van der Waals surface area contributed by atoms with Crippen molar-refractivity contribution in [2.24, 2.45) is 0 Å². The van der Waals surface area contributed by atoms with Crippen molar-refractivity contribution in [3.8, 4) is 0 Å². The lowest BCUT2D eigenvalue weighted by Crippen LogP contribution is -2.37. The van der Waals surface area contributed by atoms with Crippen LogP contribution in [0, 0.1) is 0 Å². The molecule has 114 valence electrons. The van der Waals surface area contributed by atoms with E-state index in [4.69, 9.17) is 4.74 Å². The molecule has 0 spiro atoms. The lowest BCUT2D eigenvalue weighted by atomic mass is 10.1. The molecule has 1 aromatic rings. The van der Waals surface area contributed by atoms with Crippen LogP contribution in [0.4, 0.5) is 0 Å². The summed E-state index contributed by atoms with van der Waals surface area (Å²) in [5, 5.41) is 2.95. The molecular weight excluding hydrogens is 334 g/mol. The van der Waals surface area contributed by atoms with E-state index in [1.165, 1.54) is 12.8 Å². The number of hydrogen-bond donors (Lipinski definition) is 1. The third-order valence-corrected chi connectivity index (χ3v) is 4.34. The minimum absolute atomic E-state index is 0.220. The molecule has 0 aromatic heterocycles. The first-order valence-electron chi connectivity index (χ1n) is 7.38. The maximum absolute atomic E-state index is 11.9. The molecule has 0 aliphatic heterocycles. The summed E-state index contributed by atoms with van der Waals surface area (Å²) in [5.74, 6) is -0.708. The Morgan fingerprint density at radius 3 is 2.48 bits per heavy atom. The molecule has 0 bridgehead atoms. The van der Waals surface area contributed by atoms with Crippen LogP contribution in [-0.4, -0.2) is 24.5 Å². The fourth-order valence-corrected chi connectivity index (χ4v) is 2.98. The second-order valence-electron chi connectivity index (χ2n) is 5.31. The Labute approximate surface area is 133 Å². The third-order valence-electron chi connectivity index (χ3n) is 3.65. The fourth-order valence-electron chi connectivity index (χ4n) is 2.53. The number of nitrogens with one attached hydrogen (secondary N) is 1. The van der Waals surface area contributed by atoms with Gasteiger partial charge in [-0.25, -0.2) is 4.79 Å². The van der Waals surface area contributed by atoms with Crippen LogP contribution in [-0.2, 0) is 9.53 Å². The molecule has 0 unspecified atom stereocenters. The van der Waals surface area contributed by atoms with Gasteiger partial charge in [-0.05, 0) is 40.9 Å². The minimum Gasteiger partial charge on any atom is -0.452 e. The van der Waals surface area contributed by atoms with Gasteiger partial charge in [0, 0.05) is 10.5 Å². The molecule has 4 nitrogen and oxygen atoms in total. The average molecular weight is 354 g/mol. The first-order chi connectivity index (χ1) is 10.2.